The quantitative estimate of drug-likeness (QED) is 0.0261. The summed E-state index contributed by atoms with van der Waals surface area (Å²) in [5, 5.41) is 0. The summed E-state index contributed by atoms with van der Waals surface area (Å²) in [6.45, 7) is 6.66. The molecule has 0 aliphatic rings. The maximum absolute atomic E-state index is 12.8. The van der Waals surface area contributed by atoms with Gasteiger partial charge in [-0.25, -0.2) is 0 Å². The van der Waals surface area contributed by atoms with Crippen molar-refractivity contribution < 1.29 is 28.6 Å². The van der Waals surface area contributed by atoms with Gasteiger partial charge in [-0.3, -0.25) is 14.4 Å². The fourth-order valence-corrected chi connectivity index (χ4v) is 10.6. The molecule has 0 saturated heterocycles. The average molecular weight is 1060 g/mol. The largest absolute Gasteiger partial charge is 0.462 e. The zero-order chi connectivity index (χ0) is 54.3. The lowest BCUT2D eigenvalue weighted by Crippen LogP contribution is -2.30. The Morgan fingerprint density at radius 3 is 0.667 bits per heavy atom. The van der Waals surface area contributed by atoms with E-state index in [0.29, 0.717) is 19.3 Å². The van der Waals surface area contributed by atoms with E-state index in [9.17, 15) is 14.4 Å². The number of hydrogen-bond donors (Lipinski definition) is 0. The Morgan fingerprint density at radius 2 is 0.440 bits per heavy atom. The predicted molar refractivity (Wildman–Crippen MR) is 326 cm³/mol. The summed E-state index contributed by atoms with van der Waals surface area (Å²) in [4.78, 5) is 38.0. The highest BCUT2D eigenvalue weighted by atomic mass is 16.6. The van der Waals surface area contributed by atoms with Gasteiger partial charge in [0.2, 0.25) is 0 Å². The smallest absolute Gasteiger partial charge is 0.306 e. The van der Waals surface area contributed by atoms with E-state index >= 15 is 0 Å². The molecule has 0 aromatic carbocycles. The second kappa shape index (κ2) is 64.7. The minimum absolute atomic E-state index is 0.0628. The molecule has 0 rings (SSSR count). The zero-order valence-electron chi connectivity index (χ0n) is 51.1. The first kappa shape index (κ1) is 73.2. The molecule has 0 amide bonds. The lowest BCUT2D eigenvalue weighted by Gasteiger charge is -2.18. The van der Waals surface area contributed by atoms with Gasteiger partial charge in [0.25, 0.3) is 0 Å². The summed E-state index contributed by atoms with van der Waals surface area (Å²) in [7, 11) is 0. The highest BCUT2D eigenvalue weighted by molar-refractivity contribution is 5.71. The molecule has 6 nitrogen and oxygen atoms in total. The van der Waals surface area contributed by atoms with Crippen molar-refractivity contribution >= 4 is 17.9 Å². The molecule has 0 spiro atoms. The van der Waals surface area contributed by atoms with Crippen LogP contribution < -0.4 is 0 Å². The van der Waals surface area contributed by atoms with Gasteiger partial charge in [0.05, 0.1) is 0 Å². The first-order valence-corrected chi connectivity index (χ1v) is 34.2. The lowest BCUT2D eigenvalue weighted by molar-refractivity contribution is -0.167. The summed E-state index contributed by atoms with van der Waals surface area (Å²) in [5.74, 6) is -0.842. The van der Waals surface area contributed by atoms with E-state index in [0.717, 1.165) is 57.8 Å². The van der Waals surface area contributed by atoms with Crippen molar-refractivity contribution in [3.63, 3.8) is 0 Å². The fourth-order valence-electron chi connectivity index (χ4n) is 10.6. The molecule has 0 fully saturated rings. The average Bonchev–Trinajstić information content (AvgIpc) is 3.41. The molecule has 0 aliphatic heterocycles. The molecule has 0 aromatic rings. The molecule has 75 heavy (non-hydrogen) atoms. The number of ether oxygens (including phenoxy) is 3. The maximum Gasteiger partial charge on any atom is 0.306 e. The third-order valence-corrected chi connectivity index (χ3v) is 15.8. The molecule has 0 radical (unpaired) electrons. The minimum atomic E-state index is -0.762. The van der Waals surface area contributed by atoms with Crippen LogP contribution in [0.2, 0.25) is 0 Å². The second-order valence-electron chi connectivity index (χ2n) is 23.5. The van der Waals surface area contributed by atoms with Crippen LogP contribution in [0.15, 0.2) is 12.2 Å². The first-order chi connectivity index (χ1) is 37.0. The number of rotatable bonds is 64. The Morgan fingerprint density at radius 1 is 0.253 bits per heavy atom. The molecule has 0 heterocycles. The van der Waals surface area contributed by atoms with Crippen LogP contribution in [0.3, 0.4) is 0 Å². The Bertz CT molecular complexity index is 1170. The van der Waals surface area contributed by atoms with Crippen LogP contribution >= 0.6 is 0 Å². The van der Waals surface area contributed by atoms with Gasteiger partial charge in [-0.2, -0.15) is 0 Å². The number of allylic oxidation sites excluding steroid dienone is 2. The second-order valence-corrected chi connectivity index (χ2v) is 23.5. The van der Waals surface area contributed by atoms with Crippen LogP contribution in [-0.2, 0) is 28.6 Å². The Hall–Kier alpha value is -1.85. The van der Waals surface area contributed by atoms with Crippen molar-refractivity contribution in [1.29, 1.82) is 0 Å². The topological polar surface area (TPSA) is 78.9 Å². The van der Waals surface area contributed by atoms with Crippen LogP contribution in [0.4, 0.5) is 0 Å². The van der Waals surface area contributed by atoms with Gasteiger partial charge in [-0.15, -0.1) is 0 Å². The van der Waals surface area contributed by atoms with Crippen LogP contribution in [0, 0.1) is 0 Å². The third-order valence-electron chi connectivity index (χ3n) is 15.8. The van der Waals surface area contributed by atoms with Crippen molar-refractivity contribution in [2.45, 2.75) is 399 Å². The molecule has 0 bridgehead atoms. The first-order valence-electron chi connectivity index (χ1n) is 34.2. The molecule has 0 aliphatic carbocycles. The predicted octanol–water partition coefficient (Wildman–Crippen LogP) is 23.2. The monoisotopic (exact) mass is 1060 g/mol. The van der Waals surface area contributed by atoms with E-state index in [1.807, 2.05) is 0 Å². The molecular formula is C69H132O6. The van der Waals surface area contributed by atoms with Gasteiger partial charge >= 0.3 is 17.9 Å². The highest BCUT2D eigenvalue weighted by Gasteiger charge is 2.19. The van der Waals surface area contributed by atoms with Crippen molar-refractivity contribution in [2.24, 2.45) is 0 Å². The van der Waals surface area contributed by atoms with Gasteiger partial charge in [-0.1, -0.05) is 341 Å². The Labute approximate surface area is 469 Å². The molecule has 1 atom stereocenters. The van der Waals surface area contributed by atoms with Gasteiger partial charge < -0.3 is 14.2 Å². The lowest BCUT2D eigenvalue weighted by atomic mass is 10.0. The fraction of sp³-hybridized carbons (Fsp3) is 0.928. The summed E-state index contributed by atoms with van der Waals surface area (Å²) in [6.07, 6.45) is 77.1. The van der Waals surface area contributed by atoms with Crippen molar-refractivity contribution in [3.05, 3.63) is 12.2 Å². The standard InChI is InChI=1S/C69H132O6/c1-4-7-10-13-16-18-20-22-24-25-26-27-28-29-30-31-32-33-34-35-36-37-38-39-40-41-42-43-45-46-48-50-53-56-59-62-68(71)74-65-66(64-73-67(70)61-58-55-52-15-12-9-6-3)75-69(72)63-60-57-54-51-49-47-44-23-21-19-17-14-11-8-5-2/h25-26,66H,4-24,27-65H2,1-3H3/b26-25-. The van der Waals surface area contributed by atoms with Crippen molar-refractivity contribution in [2.75, 3.05) is 13.2 Å². The molecule has 0 saturated carbocycles. The van der Waals surface area contributed by atoms with E-state index < -0.39 is 6.10 Å². The maximum atomic E-state index is 12.8. The van der Waals surface area contributed by atoms with Gasteiger partial charge in [0, 0.05) is 19.3 Å². The van der Waals surface area contributed by atoms with Crippen LogP contribution in [0.5, 0.6) is 0 Å². The molecule has 1 unspecified atom stereocenters. The van der Waals surface area contributed by atoms with Gasteiger partial charge in [0.15, 0.2) is 6.10 Å². The van der Waals surface area contributed by atoms with Crippen LogP contribution in [0.1, 0.15) is 393 Å². The molecule has 6 heteroatoms. The number of esters is 3. The Kier molecular flexibility index (Phi) is 63.1. The van der Waals surface area contributed by atoms with E-state index in [1.54, 1.807) is 0 Å². The Balaban J connectivity index is 3.88. The minimum Gasteiger partial charge on any atom is -0.462 e. The summed E-state index contributed by atoms with van der Waals surface area (Å²) >= 11 is 0. The molecule has 444 valence electrons. The third kappa shape index (κ3) is 62.9. The van der Waals surface area contributed by atoms with Gasteiger partial charge in [-0.05, 0) is 44.9 Å². The summed E-state index contributed by atoms with van der Waals surface area (Å²) < 4.78 is 16.8. The zero-order valence-corrected chi connectivity index (χ0v) is 51.1. The van der Waals surface area contributed by atoms with E-state index in [2.05, 4.69) is 32.9 Å². The van der Waals surface area contributed by atoms with Gasteiger partial charge in [0.1, 0.15) is 13.2 Å². The van der Waals surface area contributed by atoms with Crippen molar-refractivity contribution in [1.82, 2.24) is 0 Å². The molecule has 0 aromatic heterocycles. The van der Waals surface area contributed by atoms with Crippen LogP contribution in [0.25, 0.3) is 0 Å². The SMILES string of the molecule is CCCCCCCCCC/C=C\CCCCCCCCCCCCCCCCCCCCCCCCCC(=O)OCC(COC(=O)CCCCCCCCC)OC(=O)CCCCCCCCCCCCCCCCC. The number of carbonyl (C=O) groups excluding carboxylic acids is 3. The highest BCUT2D eigenvalue weighted by Crippen LogP contribution is 2.19. The number of unbranched alkanes of at least 4 members (excludes halogenated alkanes) is 51. The van der Waals surface area contributed by atoms with E-state index in [4.69, 9.17) is 14.2 Å². The normalized spacial score (nSPS) is 12.0. The molecular weight excluding hydrogens is 925 g/mol. The van der Waals surface area contributed by atoms with Crippen LogP contribution in [-0.4, -0.2) is 37.2 Å². The molecule has 0 N–H and O–H groups in total. The summed E-state index contributed by atoms with van der Waals surface area (Å²) in [5.41, 5.74) is 0. The van der Waals surface area contributed by atoms with E-state index in [1.165, 1.54) is 295 Å². The van der Waals surface area contributed by atoms with E-state index in [-0.39, 0.29) is 31.1 Å². The summed E-state index contributed by atoms with van der Waals surface area (Å²) in [6, 6.07) is 0. The van der Waals surface area contributed by atoms with Crippen molar-refractivity contribution in [3.8, 4) is 0 Å². The number of hydrogen-bond acceptors (Lipinski definition) is 6. The number of carbonyl (C=O) groups is 3.